The van der Waals surface area contributed by atoms with Crippen LogP contribution in [0.15, 0.2) is 0 Å². The summed E-state index contributed by atoms with van der Waals surface area (Å²) < 4.78 is 0. The van der Waals surface area contributed by atoms with Gasteiger partial charge < -0.3 is 10.4 Å². The topological polar surface area (TPSA) is 83.5 Å². The predicted molar refractivity (Wildman–Crippen MR) is 73.1 cm³/mol. The van der Waals surface area contributed by atoms with E-state index in [1.165, 1.54) is 0 Å². The quantitative estimate of drug-likeness (QED) is 0.806. The van der Waals surface area contributed by atoms with Crippen LogP contribution >= 0.6 is 0 Å². The molecule has 0 saturated heterocycles. The highest BCUT2D eigenvalue weighted by molar-refractivity contribution is 5.85. The van der Waals surface area contributed by atoms with Gasteiger partial charge in [-0.25, -0.2) is 4.79 Å². The number of nitrogens with one attached hydrogen (secondary N) is 1. The summed E-state index contributed by atoms with van der Waals surface area (Å²) in [6.07, 6.45) is 7.12. The van der Waals surface area contributed by atoms with Crippen LogP contribution in [-0.4, -0.2) is 28.8 Å². The summed E-state index contributed by atoms with van der Waals surface area (Å²) in [6, 6.07) is -0.909. The fourth-order valence-electron chi connectivity index (χ4n) is 3.43. The molecule has 2 atom stereocenters. The highest BCUT2D eigenvalue weighted by Crippen LogP contribution is 2.28. The van der Waals surface area contributed by atoms with Crippen molar-refractivity contribution in [3.63, 3.8) is 0 Å². The lowest BCUT2D eigenvalue weighted by molar-refractivity contribution is -0.144. The van der Waals surface area contributed by atoms with Crippen molar-refractivity contribution in [3.05, 3.63) is 0 Å². The van der Waals surface area contributed by atoms with Gasteiger partial charge in [0.1, 0.15) is 11.8 Å². The van der Waals surface area contributed by atoms with E-state index in [4.69, 9.17) is 0 Å². The van der Waals surface area contributed by atoms with Crippen molar-refractivity contribution in [3.8, 4) is 0 Å². The van der Waals surface area contributed by atoms with Crippen LogP contribution < -0.4 is 5.32 Å². The van der Waals surface area contributed by atoms with Gasteiger partial charge in [-0.3, -0.25) is 9.59 Å². The molecule has 0 heterocycles. The molecule has 0 aromatic heterocycles. The van der Waals surface area contributed by atoms with Crippen LogP contribution in [0.4, 0.5) is 0 Å². The molecule has 1 amide bonds. The first-order chi connectivity index (χ1) is 9.56. The number of hydrogen-bond acceptors (Lipinski definition) is 3. The van der Waals surface area contributed by atoms with Gasteiger partial charge in [0.2, 0.25) is 5.91 Å². The molecule has 112 valence electrons. The molecule has 2 saturated carbocycles. The fourth-order valence-corrected chi connectivity index (χ4v) is 3.43. The predicted octanol–water partition coefficient (Wildman–Crippen LogP) is 1.90. The van der Waals surface area contributed by atoms with E-state index in [0.29, 0.717) is 25.2 Å². The van der Waals surface area contributed by atoms with Crippen molar-refractivity contribution < 1.29 is 19.5 Å². The second-order valence-electron chi connectivity index (χ2n) is 6.13. The van der Waals surface area contributed by atoms with Gasteiger partial charge >= 0.3 is 5.97 Å². The third-order valence-electron chi connectivity index (χ3n) is 4.52. The summed E-state index contributed by atoms with van der Waals surface area (Å²) in [7, 11) is 0. The Morgan fingerprint density at radius 1 is 1.20 bits per heavy atom. The van der Waals surface area contributed by atoms with Crippen molar-refractivity contribution in [1.29, 1.82) is 0 Å². The molecule has 0 spiro atoms. The maximum Gasteiger partial charge on any atom is 0.326 e. The number of hydrogen-bond donors (Lipinski definition) is 2. The zero-order valence-corrected chi connectivity index (χ0v) is 11.8. The first-order valence-electron chi connectivity index (χ1n) is 7.60. The third-order valence-corrected chi connectivity index (χ3v) is 4.52. The molecule has 0 bridgehead atoms. The lowest BCUT2D eigenvalue weighted by atomic mass is 9.83. The first-order valence-corrected chi connectivity index (χ1v) is 7.60. The van der Waals surface area contributed by atoms with E-state index in [9.17, 15) is 19.5 Å². The number of carboxylic acids is 1. The third kappa shape index (κ3) is 4.05. The summed E-state index contributed by atoms with van der Waals surface area (Å²) in [4.78, 5) is 34.8. The second-order valence-corrected chi connectivity index (χ2v) is 6.13. The number of amides is 1. The molecule has 0 unspecified atom stereocenters. The molecule has 5 heteroatoms. The van der Waals surface area contributed by atoms with Gasteiger partial charge in [0, 0.05) is 19.3 Å². The summed E-state index contributed by atoms with van der Waals surface area (Å²) in [6.45, 7) is 0. The van der Waals surface area contributed by atoms with Crippen LogP contribution in [0.25, 0.3) is 0 Å². The molecule has 0 aliphatic heterocycles. The molecular weight excluding hydrogens is 258 g/mol. The number of carbonyl (C=O) groups is 3. The van der Waals surface area contributed by atoms with E-state index in [1.54, 1.807) is 0 Å². The van der Waals surface area contributed by atoms with Gasteiger partial charge in [-0.2, -0.15) is 0 Å². The van der Waals surface area contributed by atoms with Crippen LogP contribution in [0.3, 0.4) is 0 Å². The molecule has 0 radical (unpaired) electrons. The minimum absolute atomic E-state index is 0.109. The van der Waals surface area contributed by atoms with Crippen molar-refractivity contribution in [2.45, 2.75) is 63.8 Å². The normalized spacial score (nSPS) is 25.4. The molecule has 2 rings (SSSR count). The van der Waals surface area contributed by atoms with Crippen molar-refractivity contribution in [2.24, 2.45) is 11.8 Å². The molecule has 2 aliphatic carbocycles. The Bertz CT molecular complexity index is 387. The van der Waals surface area contributed by atoms with Crippen LogP contribution in [0.1, 0.15) is 57.8 Å². The van der Waals surface area contributed by atoms with Gasteiger partial charge in [-0.15, -0.1) is 0 Å². The largest absolute Gasteiger partial charge is 0.480 e. The second kappa shape index (κ2) is 6.86. The molecule has 2 fully saturated rings. The monoisotopic (exact) mass is 281 g/mol. The minimum atomic E-state index is -1.02. The number of carbonyl (C=O) groups excluding carboxylic acids is 2. The highest BCUT2D eigenvalue weighted by Gasteiger charge is 2.33. The number of aliphatic carboxylic acids is 1. The van der Waals surface area contributed by atoms with Gasteiger partial charge in [-0.1, -0.05) is 12.8 Å². The van der Waals surface area contributed by atoms with Crippen molar-refractivity contribution in [1.82, 2.24) is 5.32 Å². The van der Waals surface area contributed by atoms with Gasteiger partial charge in [0.05, 0.1) is 0 Å². The summed E-state index contributed by atoms with van der Waals surface area (Å²) in [5, 5.41) is 11.9. The summed E-state index contributed by atoms with van der Waals surface area (Å²) >= 11 is 0. The van der Waals surface area contributed by atoms with Crippen molar-refractivity contribution in [2.75, 3.05) is 0 Å². The zero-order chi connectivity index (χ0) is 14.5. The number of Topliss-reactive ketones (excluding diaryl/α,β-unsaturated/α-hetero) is 1. The van der Waals surface area contributed by atoms with Gasteiger partial charge in [0.25, 0.3) is 0 Å². The average molecular weight is 281 g/mol. The van der Waals surface area contributed by atoms with E-state index < -0.39 is 12.0 Å². The Morgan fingerprint density at radius 2 is 1.90 bits per heavy atom. The standard InChI is InChI=1S/C15H23NO4/c17-12-7-3-6-11(9-12)14(15(19)20)16-13(18)8-10-4-1-2-5-10/h10-11,14H,1-9H2,(H,16,18)(H,19,20)/t11-,14+/m1/s1. The molecule has 0 aromatic carbocycles. The van der Waals surface area contributed by atoms with Crippen LogP contribution in [0.5, 0.6) is 0 Å². The van der Waals surface area contributed by atoms with Crippen LogP contribution in [-0.2, 0) is 14.4 Å². The maximum atomic E-state index is 12.0. The Labute approximate surface area is 119 Å². The van der Waals surface area contributed by atoms with E-state index in [0.717, 1.165) is 32.1 Å². The first kappa shape index (κ1) is 15.0. The Balaban J connectivity index is 1.89. The Morgan fingerprint density at radius 3 is 2.50 bits per heavy atom. The number of rotatable bonds is 5. The average Bonchev–Trinajstić information content (AvgIpc) is 2.88. The van der Waals surface area contributed by atoms with Gasteiger partial charge in [0.15, 0.2) is 0 Å². The Hall–Kier alpha value is -1.39. The highest BCUT2D eigenvalue weighted by atomic mass is 16.4. The smallest absolute Gasteiger partial charge is 0.326 e. The molecule has 2 aliphatic rings. The van der Waals surface area contributed by atoms with Crippen LogP contribution in [0, 0.1) is 11.8 Å². The SMILES string of the molecule is O=C1CCC[C@@H]([C@H](NC(=O)CC2CCCC2)C(=O)O)C1. The summed E-state index contributed by atoms with van der Waals surface area (Å²) in [5.41, 5.74) is 0. The van der Waals surface area contributed by atoms with E-state index >= 15 is 0 Å². The van der Waals surface area contributed by atoms with E-state index in [-0.39, 0.29) is 24.0 Å². The zero-order valence-electron chi connectivity index (χ0n) is 11.8. The minimum Gasteiger partial charge on any atom is -0.480 e. The fraction of sp³-hybridized carbons (Fsp3) is 0.800. The van der Waals surface area contributed by atoms with E-state index in [1.807, 2.05) is 0 Å². The number of ketones is 1. The molecule has 20 heavy (non-hydrogen) atoms. The van der Waals surface area contributed by atoms with Gasteiger partial charge in [-0.05, 0) is 37.5 Å². The van der Waals surface area contributed by atoms with E-state index in [2.05, 4.69) is 5.32 Å². The van der Waals surface area contributed by atoms with Crippen LogP contribution in [0.2, 0.25) is 0 Å². The van der Waals surface area contributed by atoms with Crippen molar-refractivity contribution >= 4 is 17.7 Å². The molecule has 2 N–H and O–H groups in total. The molecule has 5 nitrogen and oxygen atoms in total. The maximum absolute atomic E-state index is 12.0. The molecule has 0 aromatic rings. The molecular formula is C15H23NO4. The lowest BCUT2D eigenvalue weighted by Gasteiger charge is -2.27. The number of carboxylic acid groups (broad SMARTS) is 1. The lowest BCUT2D eigenvalue weighted by Crippen LogP contribution is -2.47. The Kier molecular flexibility index (Phi) is 5.15. The summed E-state index contributed by atoms with van der Waals surface area (Å²) in [5.74, 6) is -0.942.